The van der Waals surface area contributed by atoms with E-state index in [0.717, 1.165) is 109 Å². The van der Waals surface area contributed by atoms with Crippen molar-refractivity contribution in [2.45, 2.75) is 291 Å². The molecule has 19 nitrogen and oxygen atoms in total. The first kappa shape index (κ1) is 78.7. The molecular weight excluding hydrogens is 1130 g/mol. The third-order valence-electron chi connectivity index (χ3n) is 15.9. The zero-order valence-electron chi connectivity index (χ0n) is 52.9. The van der Waals surface area contributed by atoms with Crippen LogP contribution in [0.5, 0.6) is 0 Å². The van der Waals surface area contributed by atoms with Crippen LogP contribution in [0.15, 0.2) is 109 Å². The van der Waals surface area contributed by atoms with E-state index >= 15 is 0 Å². The molecule has 17 unspecified atom stereocenters. The normalized spacial score (nSPS) is 29.1. The standard InChI is InChI=1S/C69H115NO18/c1-3-5-7-9-10-11-12-13-14-15-16-17-18-19-20-21-22-23-24-25-26-27-28-29-30-31-32-33-34-35-36-37-38-39-40-41-42-43-45-47-57(75)70-52(53(74)46-44-8-6-4-2)51-83-67-63(81)60(78)65(55(49-72)85-67)88-69-64(82)61(79)66(56(50-73)86-69)87-68-62(80)59(77)58(76)54(48-71)84-68/h5,7,10-11,13-14,16-17,19-20,22-23,25-26,28-29,31-32,52-56,58-69,71-74,76-82H,3-4,6,8-9,12,15,18,21,24,27,30,33-51H2,1-2H3,(H,70,75)/b7-5-,11-10-,14-13-,17-16-,20-19-,23-22-,26-25-,29-28-,32-31-. The number of allylic oxidation sites excluding steroid dienone is 18. The Morgan fingerprint density at radius 1 is 0.420 bits per heavy atom. The van der Waals surface area contributed by atoms with Gasteiger partial charge in [0.05, 0.1) is 38.6 Å². The Morgan fingerprint density at radius 3 is 1.22 bits per heavy atom. The minimum Gasteiger partial charge on any atom is -0.394 e. The lowest BCUT2D eigenvalue weighted by molar-refractivity contribution is -0.379. The van der Waals surface area contributed by atoms with Crippen LogP contribution < -0.4 is 5.32 Å². The van der Waals surface area contributed by atoms with E-state index in [2.05, 4.69) is 129 Å². The van der Waals surface area contributed by atoms with Crippen molar-refractivity contribution >= 4 is 5.91 Å². The number of amides is 1. The summed E-state index contributed by atoms with van der Waals surface area (Å²) in [6, 6.07) is -0.891. The van der Waals surface area contributed by atoms with E-state index < -0.39 is 124 Å². The van der Waals surface area contributed by atoms with Crippen LogP contribution in [0.2, 0.25) is 0 Å². The van der Waals surface area contributed by atoms with Crippen LogP contribution in [0.4, 0.5) is 0 Å². The Bertz CT molecular complexity index is 2020. The lowest BCUT2D eigenvalue weighted by atomic mass is 9.96. The molecule has 0 radical (unpaired) electrons. The van der Waals surface area contributed by atoms with Gasteiger partial charge in [0.15, 0.2) is 18.9 Å². The number of carbonyl (C=O) groups excluding carboxylic acids is 1. The topological polar surface area (TPSA) is 307 Å². The quantitative estimate of drug-likeness (QED) is 0.0204. The van der Waals surface area contributed by atoms with Gasteiger partial charge in [0, 0.05) is 6.42 Å². The predicted octanol–water partition coefficient (Wildman–Crippen LogP) is 7.88. The number of carbonyl (C=O) groups is 1. The minimum absolute atomic E-state index is 0.254. The highest BCUT2D eigenvalue weighted by molar-refractivity contribution is 5.76. The summed E-state index contributed by atoms with van der Waals surface area (Å²) in [6.07, 6.45) is 40.1. The summed E-state index contributed by atoms with van der Waals surface area (Å²) in [4.78, 5) is 13.2. The smallest absolute Gasteiger partial charge is 0.220 e. The van der Waals surface area contributed by atoms with E-state index in [9.17, 15) is 61.0 Å². The SMILES string of the molecule is CC/C=C\C/C=C\C/C=C\C/C=C\C/C=C\C/C=C\C/C=C\C/C=C\C/C=C\CCCCCCCCCCCCCC(=O)NC(COC1OC(CO)C(OC2OC(CO)C(OC3OC(CO)C(O)C(O)C3O)C(O)C2O)C(O)C1O)C(O)CCCCCC. The molecule has 3 rings (SSSR count). The summed E-state index contributed by atoms with van der Waals surface area (Å²) in [5.74, 6) is -0.261. The number of hydrogen-bond acceptors (Lipinski definition) is 18. The largest absolute Gasteiger partial charge is 0.394 e. The fourth-order valence-electron chi connectivity index (χ4n) is 10.5. The third kappa shape index (κ3) is 32.1. The second kappa shape index (κ2) is 50.1. The van der Waals surface area contributed by atoms with Crippen molar-refractivity contribution in [3.8, 4) is 0 Å². The number of aliphatic hydroxyl groups is 11. The Balaban J connectivity index is 1.25. The van der Waals surface area contributed by atoms with Crippen molar-refractivity contribution in [1.82, 2.24) is 5.32 Å². The first-order chi connectivity index (χ1) is 42.8. The van der Waals surface area contributed by atoms with Gasteiger partial charge in [0.1, 0.15) is 73.2 Å². The van der Waals surface area contributed by atoms with E-state index in [4.69, 9.17) is 28.4 Å². The Kier molecular flexibility index (Phi) is 44.8. The van der Waals surface area contributed by atoms with Crippen molar-refractivity contribution in [3.05, 3.63) is 109 Å². The molecule has 12 N–H and O–H groups in total. The maximum Gasteiger partial charge on any atom is 0.220 e. The highest BCUT2D eigenvalue weighted by Gasteiger charge is 2.53. The van der Waals surface area contributed by atoms with Gasteiger partial charge in [0.25, 0.3) is 0 Å². The van der Waals surface area contributed by atoms with Crippen molar-refractivity contribution in [2.24, 2.45) is 0 Å². The van der Waals surface area contributed by atoms with Crippen LogP contribution in [0, 0.1) is 0 Å². The number of aliphatic hydroxyl groups excluding tert-OH is 11. The highest BCUT2D eigenvalue weighted by Crippen LogP contribution is 2.33. The first-order valence-corrected chi connectivity index (χ1v) is 33.1. The first-order valence-electron chi connectivity index (χ1n) is 33.1. The number of hydrogen-bond donors (Lipinski definition) is 12. The van der Waals surface area contributed by atoms with Gasteiger partial charge < -0.3 is 89.9 Å². The molecule has 3 heterocycles. The van der Waals surface area contributed by atoms with E-state index in [1.54, 1.807) is 0 Å². The molecule has 88 heavy (non-hydrogen) atoms. The molecule has 3 aliphatic rings. The highest BCUT2D eigenvalue weighted by atomic mass is 16.8. The van der Waals surface area contributed by atoms with Gasteiger partial charge in [-0.2, -0.15) is 0 Å². The lowest BCUT2D eigenvalue weighted by Crippen LogP contribution is -2.66. The van der Waals surface area contributed by atoms with Gasteiger partial charge in [-0.1, -0.05) is 207 Å². The van der Waals surface area contributed by atoms with Crippen LogP contribution in [-0.2, 0) is 33.2 Å². The molecular formula is C69H115NO18. The van der Waals surface area contributed by atoms with Gasteiger partial charge in [-0.3, -0.25) is 4.79 Å². The maximum atomic E-state index is 13.2. The summed E-state index contributed by atoms with van der Waals surface area (Å²) in [5, 5.41) is 120. The van der Waals surface area contributed by atoms with Gasteiger partial charge in [-0.15, -0.1) is 0 Å². The molecule has 19 heteroatoms. The molecule has 17 atom stereocenters. The Hall–Kier alpha value is -3.55. The van der Waals surface area contributed by atoms with Crippen molar-refractivity contribution in [3.63, 3.8) is 0 Å². The fourth-order valence-corrected chi connectivity index (χ4v) is 10.5. The maximum absolute atomic E-state index is 13.2. The van der Waals surface area contributed by atoms with E-state index in [1.807, 2.05) is 0 Å². The second-order valence-corrected chi connectivity index (χ2v) is 23.2. The molecule has 0 aromatic heterocycles. The van der Waals surface area contributed by atoms with Gasteiger partial charge in [-0.05, 0) is 83.5 Å². The Morgan fingerprint density at radius 2 is 0.784 bits per heavy atom. The summed E-state index contributed by atoms with van der Waals surface area (Å²) in [6.45, 7) is 1.50. The monoisotopic (exact) mass is 1250 g/mol. The summed E-state index contributed by atoms with van der Waals surface area (Å²) in [7, 11) is 0. The number of unbranched alkanes of at least 4 members (excludes halogenated alkanes) is 14. The molecule has 0 spiro atoms. The number of ether oxygens (including phenoxy) is 6. The minimum atomic E-state index is -1.97. The van der Waals surface area contributed by atoms with Crippen LogP contribution in [0.1, 0.15) is 187 Å². The van der Waals surface area contributed by atoms with E-state index in [0.29, 0.717) is 19.3 Å². The zero-order chi connectivity index (χ0) is 64.0. The molecule has 3 aliphatic heterocycles. The van der Waals surface area contributed by atoms with Gasteiger partial charge in [0.2, 0.25) is 5.91 Å². The van der Waals surface area contributed by atoms with Crippen molar-refractivity contribution in [2.75, 3.05) is 26.4 Å². The number of rotatable bonds is 48. The average Bonchev–Trinajstić information content (AvgIpc) is 1.13. The summed E-state index contributed by atoms with van der Waals surface area (Å²) >= 11 is 0. The second-order valence-electron chi connectivity index (χ2n) is 23.2. The van der Waals surface area contributed by atoms with Crippen LogP contribution >= 0.6 is 0 Å². The molecule has 0 saturated carbocycles. The molecule has 504 valence electrons. The molecule has 3 saturated heterocycles. The van der Waals surface area contributed by atoms with Crippen LogP contribution in [0.25, 0.3) is 0 Å². The molecule has 0 aromatic rings. The van der Waals surface area contributed by atoms with Gasteiger partial charge >= 0.3 is 0 Å². The third-order valence-corrected chi connectivity index (χ3v) is 15.9. The fraction of sp³-hybridized carbons (Fsp3) is 0.725. The van der Waals surface area contributed by atoms with Gasteiger partial charge in [-0.25, -0.2) is 0 Å². The molecule has 0 bridgehead atoms. The summed E-state index contributed by atoms with van der Waals surface area (Å²) < 4.78 is 34.1. The zero-order valence-corrected chi connectivity index (χ0v) is 52.9. The Labute approximate surface area is 525 Å². The van der Waals surface area contributed by atoms with Crippen LogP contribution in [-0.4, -0.2) is 193 Å². The summed E-state index contributed by atoms with van der Waals surface area (Å²) in [5.41, 5.74) is 0. The molecule has 0 aliphatic carbocycles. The lowest BCUT2D eigenvalue weighted by Gasteiger charge is -2.48. The number of nitrogens with one attached hydrogen (secondary N) is 1. The molecule has 0 aromatic carbocycles. The van der Waals surface area contributed by atoms with E-state index in [-0.39, 0.29) is 18.9 Å². The van der Waals surface area contributed by atoms with Crippen molar-refractivity contribution in [1.29, 1.82) is 0 Å². The average molecular weight is 1250 g/mol. The van der Waals surface area contributed by atoms with E-state index in [1.165, 1.54) is 38.5 Å². The molecule has 1 amide bonds. The van der Waals surface area contributed by atoms with Crippen molar-refractivity contribution < 1.29 is 89.4 Å². The predicted molar refractivity (Wildman–Crippen MR) is 341 cm³/mol. The van der Waals surface area contributed by atoms with Crippen LogP contribution in [0.3, 0.4) is 0 Å². The molecule has 3 fully saturated rings.